The summed E-state index contributed by atoms with van der Waals surface area (Å²) >= 11 is 0. The van der Waals surface area contributed by atoms with Gasteiger partial charge < -0.3 is 14.8 Å². The highest BCUT2D eigenvalue weighted by Gasteiger charge is 2.18. The normalized spacial score (nSPS) is 10.5. The van der Waals surface area contributed by atoms with Gasteiger partial charge in [-0.3, -0.25) is 4.79 Å². The topological polar surface area (TPSA) is 64.6 Å². The van der Waals surface area contributed by atoms with Gasteiger partial charge in [-0.2, -0.15) is 0 Å². The number of hydrogen-bond acceptors (Lipinski definition) is 4. The Hall–Kier alpha value is -3.48. The molecule has 1 amide bonds. The number of anilines is 1. The van der Waals surface area contributed by atoms with Gasteiger partial charge in [0.25, 0.3) is 5.91 Å². The lowest BCUT2D eigenvalue weighted by molar-refractivity contribution is -0.118. The maximum atomic E-state index is 13.9. The van der Waals surface area contributed by atoms with Gasteiger partial charge >= 0.3 is 5.97 Å². The third-order valence-corrected chi connectivity index (χ3v) is 3.84. The number of hydrogen-bond donors (Lipinski definition) is 1. The summed E-state index contributed by atoms with van der Waals surface area (Å²) in [5.74, 6) is -3.24. The number of halogens is 2. The van der Waals surface area contributed by atoms with E-state index in [-0.39, 0.29) is 5.69 Å². The zero-order valence-corrected chi connectivity index (χ0v) is 14.3. The Bertz CT molecular complexity index is 1010. The molecular weight excluding hydrogens is 356 g/mol. The Kier molecular flexibility index (Phi) is 5.30. The molecular formula is C20H15F2NO4. The zero-order chi connectivity index (χ0) is 19.4. The molecule has 3 rings (SSSR count). The second-order valence-corrected chi connectivity index (χ2v) is 5.62. The first-order valence-electron chi connectivity index (χ1n) is 7.97. The van der Waals surface area contributed by atoms with Crippen LogP contribution in [0, 0.1) is 11.6 Å². The zero-order valence-electron chi connectivity index (χ0n) is 14.3. The molecule has 7 heteroatoms. The van der Waals surface area contributed by atoms with E-state index < -0.39 is 35.7 Å². The van der Waals surface area contributed by atoms with E-state index in [4.69, 9.17) is 4.74 Å². The van der Waals surface area contributed by atoms with E-state index in [1.165, 1.54) is 0 Å². The fraction of sp³-hybridized carbons (Fsp3) is 0.100. The minimum Gasteiger partial charge on any atom is -0.483 e. The Labute approximate surface area is 153 Å². The van der Waals surface area contributed by atoms with Crippen molar-refractivity contribution in [3.05, 3.63) is 71.8 Å². The maximum Gasteiger partial charge on any atom is 0.340 e. The van der Waals surface area contributed by atoms with Crippen LogP contribution >= 0.6 is 0 Å². The molecule has 0 unspecified atom stereocenters. The molecule has 0 heterocycles. The monoisotopic (exact) mass is 371 g/mol. The van der Waals surface area contributed by atoms with Gasteiger partial charge in [0.05, 0.1) is 18.4 Å². The number of methoxy groups -OCH3 is 1. The van der Waals surface area contributed by atoms with E-state index in [2.05, 4.69) is 10.1 Å². The fourth-order valence-electron chi connectivity index (χ4n) is 2.56. The highest BCUT2D eigenvalue weighted by Crippen LogP contribution is 2.25. The quantitative estimate of drug-likeness (QED) is 0.691. The first kappa shape index (κ1) is 18.3. The number of rotatable bonds is 5. The molecule has 138 valence electrons. The largest absolute Gasteiger partial charge is 0.483 e. The van der Waals surface area contributed by atoms with Gasteiger partial charge in [-0.1, -0.05) is 36.4 Å². The Balaban J connectivity index is 1.73. The highest BCUT2D eigenvalue weighted by atomic mass is 19.1. The molecule has 5 nitrogen and oxygen atoms in total. The molecule has 0 aliphatic rings. The summed E-state index contributed by atoms with van der Waals surface area (Å²) < 4.78 is 37.5. The number of amides is 1. The fourth-order valence-corrected chi connectivity index (χ4v) is 2.56. The molecule has 0 fully saturated rings. The second kappa shape index (κ2) is 7.82. The van der Waals surface area contributed by atoms with Crippen LogP contribution in [0.5, 0.6) is 5.75 Å². The minimum atomic E-state index is -1.08. The molecule has 0 saturated heterocycles. The smallest absolute Gasteiger partial charge is 0.340 e. The molecule has 0 bridgehead atoms. The van der Waals surface area contributed by atoms with Crippen molar-refractivity contribution in [3.8, 4) is 5.75 Å². The third kappa shape index (κ3) is 4.03. The van der Waals surface area contributed by atoms with Gasteiger partial charge in [-0.15, -0.1) is 0 Å². The number of carbonyl (C=O) groups excluding carboxylic acids is 2. The lowest BCUT2D eigenvalue weighted by atomic mass is 10.1. The lowest BCUT2D eigenvalue weighted by Crippen LogP contribution is -2.21. The molecule has 0 spiro atoms. The van der Waals surface area contributed by atoms with Gasteiger partial charge in [0.2, 0.25) is 0 Å². The van der Waals surface area contributed by atoms with Gasteiger partial charge in [-0.05, 0) is 17.5 Å². The molecule has 0 aromatic heterocycles. The molecule has 3 aromatic rings. The van der Waals surface area contributed by atoms with E-state index in [9.17, 15) is 18.4 Å². The van der Waals surface area contributed by atoms with Crippen molar-refractivity contribution in [3.63, 3.8) is 0 Å². The SMILES string of the molecule is COC(=O)c1cc(NC(=O)COc2cccc3ccccc23)c(F)cc1F. The van der Waals surface area contributed by atoms with Crippen LogP contribution in [0.1, 0.15) is 10.4 Å². The summed E-state index contributed by atoms with van der Waals surface area (Å²) in [7, 11) is 1.07. The van der Waals surface area contributed by atoms with E-state index in [1.807, 2.05) is 30.3 Å². The molecule has 0 atom stereocenters. The first-order valence-corrected chi connectivity index (χ1v) is 7.97. The summed E-state index contributed by atoms with van der Waals surface area (Å²) in [6, 6.07) is 14.3. The van der Waals surface area contributed by atoms with Crippen LogP contribution in [-0.4, -0.2) is 25.6 Å². The van der Waals surface area contributed by atoms with E-state index in [0.29, 0.717) is 11.8 Å². The molecule has 0 saturated carbocycles. The number of esters is 1. The van der Waals surface area contributed by atoms with Crippen LogP contribution in [0.25, 0.3) is 10.8 Å². The summed E-state index contributed by atoms with van der Waals surface area (Å²) in [6.45, 7) is -0.390. The van der Waals surface area contributed by atoms with E-state index in [1.54, 1.807) is 12.1 Å². The molecule has 0 aliphatic heterocycles. The van der Waals surface area contributed by atoms with Crippen LogP contribution < -0.4 is 10.1 Å². The van der Waals surface area contributed by atoms with Crippen LogP contribution in [-0.2, 0) is 9.53 Å². The summed E-state index contributed by atoms with van der Waals surface area (Å²) in [4.78, 5) is 23.6. The number of nitrogens with one attached hydrogen (secondary N) is 1. The number of ether oxygens (including phenoxy) is 2. The molecule has 27 heavy (non-hydrogen) atoms. The molecule has 0 aliphatic carbocycles. The van der Waals surface area contributed by atoms with Crippen LogP contribution in [0.3, 0.4) is 0 Å². The van der Waals surface area contributed by atoms with Crippen molar-refractivity contribution >= 4 is 28.3 Å². The average Bonchev–Trinajstić information content (AvgIpc) is 2.67. The van der Waals surface area contributed by atoms with Crippen molar-refractivity contribution in [1.29, 1.82) is 0 Å². The first-order chi connectivity index (χ1) is 13.0. The standard InChI is InChI=1S/C20H15F2NO4/c1-26-20(25)14-9-17(16(22)10-15(14)21)23-19(24)11-27-18-8-4-6-12-5-2-3-7-13(12)18/h2-10H,11H2,1H3,(H,23,24). The summed E-state index contributed by atoms with van der Waals surface area (Å²) in [5.41, 5.74) is -0.826. The number of fused-ring (bicyclic) bond motifs is 1. The molecule has 3 aromatic carbocycles. The Morgan fingerprint density at radius 2 is 1.74 bits per heavy atom. The van der Waals surface area contributed by atoms with Crippen molar-refractivity contribution in [2.75, 3.05) is 19.0 Å². The average molecular weight is 371 g/mol. The summed E-state index contributed by atoms with van der Waals surface area (Å²) in [5, 5.41) is 4.04. The number of carbonyl (C=O) groups is 2. The van der Waals surface area contributed by atoms with Gasteiger partial charge in [0.15, 0.2) is 6.61 Å². The third-order valence-electron chi connectivity index (χ3n) is 3.84. The minimum absolute atomic E-state index is 0.344. The van der Waals surface area contributed by atoms with E-state index >= 15 is 0 Å². The Morgan fingerprint density at radius 3 is 2.52 bits per heavy atom. The second-order valence-electron chi connectivity index (χ2n) is 5.62. The van der Waals surface area contributed by atoms with Crippen molar-refractivity contribution in [2.24, 2.45) is 0 Å². The van der Waals surface area contributed by atoms with Gasteiger partial charge in [-0.25, -0.2) is 13.6 Å². The Morgan fingerprint density at radius 1 is 1.00 bits per heavy atom. The van der Waals surface area contributed by atoms with Gasteiger partial charge in [0, 0.05) is 11.5 Å². The molecule has 1 N–H and O–H groups in total. The van der Waals surface area contributed by atoms with Crippen molar-refractivity contribution in [1.82, 2.24) is 0 Å². The van der Waals surface area contributed by atoms with Crippen LogP contribution in [0.15, 0.2) is 54.6 Å². The van der Waals surface area contributed by atoms with Crippen molar-refractivity contribution < 1.29 is 27.8 Å². The number of benzene rings is 3. The molecule has 0 radical (unpaired) electrons. The predicted molar refractivity (Wildman–Crippen MR) is 95.8 cm³/mol. The van der Waals surface area contributed by atoms with Crippen LogP contribution in [0.4, 0.5) is 14.5 Å². The summed E-state index contributed by atoms with van der Waals surface area (Å²) in [6.07, 6.45) is 0. The lowest BCUT2D eigenvalue weighted by Gasteiger charge is -2.11. The highest BCUT2D eigenvalue weighted by molar-refractivity contribution is 5.96. The van der Waals surface area contributed by atoms with Gasteiger partial charge in [0.1, 0.15) is 17.4 Å². The van der Waals surface area contributed by atoms with E-state index in [0.717, 1.165) is 23.9 Å². The van der Waals surface area contributed by atoms with Crippen molar-refractivity contribution in [2.45, 2.75) is 0 Å². The predicted octanol–water partition coefficient (Wildman–Crippen LogP) is 3.92. The van der Waals surface area contributed by atoms with Crippen LogP contribution in [0.2, 0.25) is 0 Å². The maximum absolute atomic E-state index is 13.9.